The van der Waals surface area contributed by atoms with Crippen molar-refractivity contribution in [1.29, 1.82) is 0 Å². The highest BCUT2D eigenvalue weighted by Crippen LogP contribution is 2.22. The molecule has 0 heterocycles. The Balaban J connectivity index is 4.46. The predicted octanol–water partition coefficient (Wildman–Crippen LogP) is 0.864. The monoisotopic (exact) mass is 487 g/mol. The lowest BCUT2D eigenvalue weighted by atomic mass is 9.85. The van der Waals surface area contributed by atoms with E-state index in [0.29, 0.717) is 65.0 Å². The SMILES string of the molecule is CCCOCCOCC(=O)NCCCC[C@H](CC(=O)CCO)C(=O)C[C@@H](CCCCN)C(N)=O. The molecule has 6 N–H and O–H groups in total. The molecule has 0 unspecified atom stereocenters. The Morgan fingerprint density at radius 1 is 0.912 bits per heavy atom. The normalized spacial score (nSPS) is 12.8. The van der Waals surface area contributed by atoms with Gasteiger partial charge in [0, 0.05) is 50.9 Å². The second kappa shape index (κ2) is 21.6. The first kappa shape index (κ1) is 32.1. The van der Waals surface area contributed by atoms with E-state index in [9.17, 15) is 19.2 Å². The molecule has 0 aromatic carbocycles. The lowest BCUT2D eigenvalue weighted by Crippen LogP contribution is -2.30. The van der Waals surface area contributed by atoms with Crippen LogP contribution in [0.25, 0.3) is 0 Å². The fraction of sp³-hybridized carbons (Fsp3) is 0.833. The first-order valence-electron chi connectivity index (χ1n) is 12.4. The molecule has 0 aromatic rings. The third-order valence-electron chi connectivity index (χ3n) is 5.43. The van der Waals surface area contributed by atoms with Gasteiger partial charge in [-0.25, -0.2) is 0 Å². The number of amides is 2. The van der Waals surface area contributed by atoms with E-state index >= 15 is 0 Å². The second-order valence-electron chi connectivity index (χ2n) is 8.48. The first-order valence-corrected chi connectivity index (χ1v) is 12.4. The minimum atomic E-state index is -0.568. The molecule has 0 aliphatic heterocycles. The highest BCUT2D eigenvalue weighted by molar-refractivity contribution is 5.90. The highest BCUT2D eigenvalue weighted by Gasteiger charge is 2.26. The van der Waals surface area contributed by atoms with Crippen molar-refractivity contribution in [1.82, 2.24) is 5.32 Å². The van der Waals surface area contributed by atoms with Crippen LogP contribution in [0.3, 0.4) is 0 Å². The number of nitrogens with one attached hydrogen (secondary N) is 1. The van der Waals surface area contributed by atoms with Gasteiger partial charge in [0.15, 0.2) is 0 Å². The van der Waals surface area contributed by atoms with Crippen molar-refractivity contribution in [2.45, 2.75) is 71.1 Å². The molecule has 0 saturated carbocycles. The molecule has 0 fully saturated rings. The van der Waals surface area contributed by atoms with Crippen LogP contribution in [0, 0.1) is 11.8 Å². The van der Waals surface area contributed by atoms with Gasteiger partial charge in [-0.05, 0) is 38.6 Å². The topological polar surface area (TPSA) is 171 Å². The Kier molecular flexibility index (Phi) is 20.4. The zero-order chi connectivity index (χ0) is 25.6. The number of rotatable bonds is 24. The molecule has 10 nitrogen and oxygen atoms in total. The van der Waals surface area contributed by atoms with Crippen LogP contribution in [0.5, 0.6) is 0 Å². The zero-order valence-electron chi connectivity index (χ0n) is 20.7. The zero-order valence-corrected chi connectivity index (χ0v) is 20.7. The number of ketones is 2. The molecule has 0 rings (SSSR count). The summed E-state index contributed by atoms with van der Waals surface area (Å²) in [5.74, 6) is -2.19. The Hall–Kier alpha value is -1.88. The van der Waals surface area contributed by atoms with Crippen LogP contribution in [-0.4, -0.2) is 74.6 Å². The highest BCUT2D eigenvalue weighted by atomic mass is 16.5. The van der Waals surface area contributed by atoms with E-state index in [2.05, 4.69) is 5.32 Å². The van der Waals surface area contributed by atoms with Crippen LogP contribution in [0.1, 0.15) is 71.1 Å². The molecule has 0 radical (unpaired) electrons. The molecule has 0 spiro atoms. The fourth-order valence-corrected chi connectivity index (χ4v) is 3.49. The molecule has 198 valence electrons. The van der Waals surface area contributed by atoms with E-state index in [1.807, 2.05) is 6.92 Å². The van der Waals surface area contributed by atoms with E-state index in [0.717, 1.165) is 12.8 Å². The molecule has 0 aliphatic rings. The van der Waals surface area contributed by atoms with Gasteiger partial charge in [-0.1, -0.05) is 19.8 Å². The van der Waals surface area contributed by atoms with E-state index in [-0.39, 0.29) is 49.9 Å². The smallest absolute Gasteiger partial charge is 0.245 e. The van der Waals surface area contributed by atoms with E-state index in [4.69, 9.17) is 26.0 Å². The number of ether oxygens (including phenoxy) is 2. The van der Waals surface area contributed by atoms with Gasteiger partial charge in [0.25, 0.3) is 0 Å². The van der Waals surface area contributed by atoms with Gasteiger partial charge in [-0.3, -0.25) is 19.2 Å². The molecule has 2 atom stereocenters. The summed E-state index contributed by atoms with van der Waals surface area (Å²) in [5, 5.41) is 11.8. The number of carbonyl (C=O) groups is 4. The van der Waals surface area contributed by atoms with Crippen molar-refractivity contribution in [3.8, 4) is 0 Å². The molecular formula is C24H45N3O7. The van der Waals surface area contributed by atoms with Crippen LogP contribution in [0.4, 0.5) is 0 Å². The molecule has 0 bridgehead atoms. The van der Waals surface area contributed by atoms with Crippen molar-refractivity contribution >= 4 is 23.4 Å². The number of hydrogen-bond acceptors (Lipinski definition) is 8. The number of Topliss-reactive ketones (excluding diaryl/α,β-unsaturated/α-hetero) is 2. The number of nitrogens with two attached hydrogens (primary N) is 2. The minimum Gasteiger partial charge on any atom is -0.396 e. The molecule has 34 heavy (non-hydrogen) atoms. The third kappa shape index (κ3) is 17.6. The van der Waals surface area contributed by atoms with Crippen molar-refractivity contribution < 1.29 is 33.8 Å². The largest absolute Gasteiger partial charge is 0.396 e. The summed E-state index contributed by atoms with van der Waals surface area (Å²) >= 11 is 0. The Bertz CT molecular complexity index is 587. The molecule has 10 heteroatoms. The Morgan fingerprint density at radius 3 is 2.24 bits per heavy atom. The van der Waals surface area contributed by atoms with E-state index < -0.39 is 17.7 Å². The van der Waals surface area contributed by atoms with Gasteiger partial charge in [0.2, 0.25) is 11.8 Å². The van der Waals surface area contributed by atoms with Gasteiger partial charge in [0.05, 0.1) is 13.2 Å². The Labute approximate surface area is 203 Å². The van der Waals surface area contributed by atoms with Crippen molar-refractivity contribution in [3.63, 3.8) is 0 Å². The summed E-state index contributed by atoms with van der Waals surface area (Å²) in [4.78, 5) is 48.5. The van der Waals surface area contributed by atoms with E-state index in [1.54, 1.807) is 0 Å². The number of hydrogen-bond donors (Lipinski definition) is 4. The van der Waals surface area contributed by atoms with E-state index in [1.165, 1.54) is 0 Å². The molecule has 0 aromatic heterocycles. The van der Waals surface area contributed by atoms with Crippen LogP contribution in [0.2, 0.25) is 0 Å². The quantitative estimate of drug-likeness (QED) is 0.145. The van der Waals surface area contributed by atoms with Crippen molar-refractivity contribution in [2.24, 2.45) is 23.3 Å². The third-order valence-corrected chi connectivity index (χ3v) is 5.43. The lowest BCUT2D eigenvalue weighted by Gasteiger charge is -2.19. The van der Waals surface area contributed by atoms with Gasteiger partial charge in [-0.15, -0.1) is 0 Å². The van der Waals surface area contributed by atoms with Crippen LogP contribution in [0.15, 0.2) is 0 Å². The van der Waals surface area contributed by atoms with Crippen molar-refractivity contribution in [2.75, 3.05) is 46.1 Å². The number of aliphatic hydroxyl groups is 1. The molecule has 0 aliphatic carbocycles. The van der Waals surface area contributed by atoms with Crippen LogP contribution in [-0.2, 0) is 28.7 Å². The minimum absolute atomic E-state index is 0.000923. The van der Waals surface area contributed by atoms with Gasteiger partial charge in [-0.2, -0.15) is 0 Å². The average molecular weight is 488 g/mol. The summed E-state index contributed by atoms with van der Waals surface area (Å²) in [6.45, 7) is 4.14. The molecule has 2 amide bonds. The maximum absolute atomic E-state index is 12.9. The van der Waals surface area contributed by atoms with Gasteiger partial charge in [0.1, 0.15) is 18.2 Å². The first-order chi connectivity index (χ1) is 16.3. The number of primary amides is 1. The van der Waals surface area contributed by atoms with Gasteiger partial charge >= 0.3 is 0 Å². The summed E-state index contributed by atoms with van der Waals surface area (Å²) in [6.07, 6.45) is 4.66. The Morgan fingerprint density at radius 2 is 1.59 bits per heavy atom. The standard InChI is InChI=1S/C24H45N3O7/c1-2-13-33-14-15-34-18-23(31)27-11-6-4-7-19(16-21(29)9-12-28)22(30)17-20(24(26)32)8-3-5-10-25/h19-20,28H,2-18,25H2,1H3,(H2,26,32)(H,27,31)/t19-,20-/m1/s1. The molecule has 0 saturated heterocycles. The van der Waals surface area contributed by atoms with Gasteiger partial charge < -0.3 is 31.4 Å². The number of carbonyl (C=O) groups excluding carboxylic acids is 4. The number of aliphatic hydroxyl groups excluding tert-OH is 1. The summed E-state index contributed by atoms with van der Waals surface area (Å²) in [5.41, 5.74) is 11.0. The maximum atomic E-state index is 12.9. The lowest BCUT2D eigenvalue weighted by molar-refractivity contribution is -0.131. The van der Waals surface area contributed by atoms with Crippen LogP contribution >= 0.6 is 0 Å². The average Bonchev–Trinajstić information content (AvgIpc) is 2.79. The summed E-state index contributed by atoms with van der Waals surface area (Å²) < 4.78 is 10.5. The summed E-state index contributed by atoms with van der Waals surface area (Å²) in [7, 11) is 0. The van der Waals surface area contributed by atoms with Crippen LogP contribution < -0.4 is 16.8 Å². The summed E-state index contributed by atoms with van der Waals surface area (Å²) in [6, 6.07) is 0. The predicted molar refractivity (Wildman–Crippen MR) is 129 cm³/mol. The number of unbranched alkanes of at least 4 members (excludes halogenated alkanes) is 2. The fourth-order valence-electron chi connectivity index (χ4n) is 3.49. The maximum Gasteiger partial charge on any atom is 0.245 e. The van der Waals surface area contributed by atoms with Crippen molar-refractivity contribution in [3.05, 3.63) is 0 Å². The second-order valence-corrected chi connectivity index (χ2v) is 8.48. The molecular weight excluding hydrogens is 442 g/mol.